The smallest absolute Gasteiger partial charge is 0.417 e. The zero-order valence-electron chi connectivity index (χ0n) is 17.6. The highest BCUT2D eigenvalue weighted by molar-refractivity contribution is 14.1. The lowest BCUT2D eigenvalue weighted by molar-refractivity contribution is 0.000336. The van der Waals surface area contributed by atoms with Crippen molar-refractivity contribution in [3.8, 4) is 5.75 Å². The molecule has 0 aliphatic carbocycles. The molecule has 4 rings (SSSR count). The van der Waals surface area contributed by atoms with Gasteiger partial charge in [-0.25, -0.2) is 4.79 Å². The van der Waals surface area contributed by atoms with Crippen LogP contribution in [0.4, 0.5) is 10.5 Å². The quantitative estimate of drug-likeness (QED) is 0.218. The van der Waals surface area contributed by atoms with Gasteiger partial charge >= 0.3 is 6.16 Å². The van der Waals surface area contributed by atoms with Crippen LogP contribution in [0.3, 0.4) is 0 Å². The molecule has 1 atom stereocenters. The molecule has 1 saturated heterocycles. The summed E-state index contributed by atoms with van der Waals surface area (Å²) in [5.74, 6) is 0.448. The fourth-order valence-corrected chi connectivity index (χ4v) is 4.48. The Kier molecular flexibility index (Phi) is 5.34. The zero-order valence-corrected chi connectivity index (χ0v) is 19.8. The fourth-order valence-electron chi connectivity index (χ4n) is 4.30. The predicted octanol–water partition coefficient (Wildman–Crippen LogP) is 5.91. The molecule has 2 aromatic rings. The van der Waals surface area contributed by atoms with E-state index in [4.69, 9.17) is 14.2 Å². The lowest BCUT2D eigenvalue weighted by atomic mass is 9.77. The van der Waals surface area contributed by atoms with E-state index in [2.05, 4.69) is 55.2 Å². The number of alkyl halides is 1. The largest absolute Gasteiger partial charge is 0.515 e. The first-order valence-electron chi connectivity index (χ1n) is 10.0. The molecule has 2 aliphatic rings. The number of nitrogens with zero attached hydrogens (tertiary/aromatic N) is 1. The highest BCUT2D eigenvalue weighted by atomic mass is 127. The summed E-state index contributed by atoms with van der Waals surface area (Å²) in [6, 6.07) is 15.9. The van der Waals surface area contributed by atoms with E-state index in [1.54, 1.807) is 26.0 Å². The average molecular weight is 519 g/mol. The van der Waals surface area contributed by atoms with Crippen LogP contribution in [0.25, 0.3) is 6.08 Å². The molecule has 0 N–H and O–H groups in total. The lowest BCUT2D eigenvalue weighted by Crippen LogP contribution is -2.51. The van der Waals surface area contributed by atoms with E-state index < -0.39 is 15.5 Å². The molecule has 158 valence electrons. The van der Waals surface area contributed by atoms with Crippen LogP contribution in [-0.4, -0.2) is 28.6 Å². The second-order valence-corrected chi connectivity index (χ2v) is 11.2. The number of hydrogen-bond acceptors (Lipinski definition) is 5. The van der Waals surface area contributed by atoms with Gasteiger partial charge in [-0.3, -0.25) is 0 Å². The molecule has 0 radical (unpaired) electrons. The van der Waals surface area contributed by atoms with Crippen LogP contribution >= 0.6 is 22.6 Å². The third-order valence-electron chi connectivity index (χ3n) is 5.71. The predicted molar refractivity (Wildman–Crippen MR) is 126 cm³/mol. The third-order valence-corrected chi connectivity index (χ3v) is 5.93. The molecular weight excluding hydrogens is 493 g/mol. The Morgan fingerprint density at radius 3 is 2.57 bits per heavy atom. The van der Waals surface area contributed by atoms with Crippen LogP contribution in [0.2, 0.25) is 0 Å². The summed E-state index contributed by atoms with van der Waals surface area (Å²) in [5.41, 5.74) is 2.85. The van der Waals surface area contributed by atoms with Crippen molar-refractivity contribution in [3.63, 3.8) is 0 Å². The number of rotatable bonds is 4. The van der Waals surface area contributed by atoms with Gasteiger partial charge in [0.2, 0.25) is 0 Å². The van der Waals surface area contributed by atoms with Gasteiger partial charge in [0.1, 0.15) is 5.75 Å². The molecule has 1 fully saturated rings. The van der Waals surface area contributed by atoms with Crippen LogP contribution in [0.15, 0.2) is 54.6 Å². The molecule has 2 aromatic carbocycles. The first kappa shape index (κ1) is 21.2. The van der Waals surface area contributed by atoms with Crippen LogP contribution in [-0.2, 0) is 14.9 Å². The molecule has 0 amide bonds. The number of benzene rings is 2. The normalized spacial score (nSPS) is 22.1. The van der Waals surface area contributed by atoms with E-state index >= 15 is 0 Å². The number of para-hydroxylation sites is 1. The maximum absolute atomic E-state index is 11.8. The molecule has 30 heavy (non-hydrogen) atoms. The minimum Gasteiger partial charge on any atom is -0.417 e. The van der Waals surface area contributed by atoms with Gasteiger partial charge in [0, 0.05) is 17.6 Å². The van der Waals surface area contributed by atoms with E-state index in [-0.39, 0.29) is 5.41 Å². The van der Waals surface area contributed by atoms with Crippen molar-refractivity contribution in [2.24, 2.45) is 0 Å². The Morgan fingerprint density at radius 1 is 1.17 bits per heavy atom. The topological polar surface area (TPSA) is 48.0 Å². The van der Waals surface area contributed by atoms with E-state index in [0.29, 0.717) is 12.4 Å². The number of anilines is 1. The van der Waals surface area contributed by atoms with Gasteiger partial charge < -0.3 is 19.1 Å². The molecule has 0 aromatic heterocycles. The molecule has 0 bridgehead atoms. The summed E-state index contributed by atoms with van der Waals surface area (Å²) in [5, 5.41) is 0. The second-order valence-electron chi connectivity index (χ2n) is 8.56. The van der Waals surface area contributed by atoms with Crippen molar-refractivity contribution >= 4 is 40.5 Å². The van der Waals surface area contributed by atoms with Crippen molar-refractivity contribution in [1.82, 2.24) is 0 Å². The molecule has 0 spiro atoms. The maximum Gasteiger partial charge on any atom is 0.515 e. The summed E-state index contributed by atoms with van der Waals surface area (Å²) in [7, 11) is 0. The molecule has 2 aliphatic heterocycles. The standard InChI is InChI=1S/C24H26INO4/c1-22(2)19-7-5-6-8-20(19)26-15-16-28-24(22,26)14-13-17-9-11-18(12-10-17)29-21(27)30-23(3,4)25/h5-14H,15-16H2,1-4H3/b14-13+. The van der Waals surface area contributed by atoms with Crippen LogP contribution < -0.4 is 9.64 Å². The Hall–Kier alpha value is -2.06. The molecule has 2 heterocycles. The Labute approximate surface area is 191 Å². The fraction of sp³-hybridized carbons (Fsp3) is 0.375. The Bertz CT molecular complexity index is 977. The number of halogens is 1. The molecular formula is C24H26INO4. The number of hydrogen-bond donors (Lipinski definition) is 0. The van der Waals surface area contributed by atoms with Crippen molar-refractivity contribution in [1.29, 1.82) is 0 Å². The first-order chi connectivity index (χ1) is 14.1. The Balaban J connectivity index is 1.53. The summed E-state index contributed by atoms with van der Waals surface area (Å²) >= 11 is 2.04. The highest BCUT2D eigenvalue weighted by Gasteiger charge is 2.58. The summed E-state index contributed by atoms with van der Waals surface area (Å²) < 4.78 is 16.2. The summed E-state index contributed by atoms with van der Waals surface area (Å²) in [6.45, 7) is 9.62. The monoisotopic (exact) mass is 519 g/mol. The van der Waals surface area contributed by atoms with E-state index in [1.807, 2.05) is 34.7 Å². The van der Waals surface area contributed by atoms with Crippen molar-refractivity contribution in [3.05, 3.63) is 65.7 Å². The van der Waals surface area contributed by atoms with E-state index in [9.17, 15) is 4.79 Å². The number of ether oxygens (including phenoxy) is 3. The van der Waals surface area contributed by atoms with Gasteiger partial charge in [-0.2, -0.15) is 0 Å². The van der Waals surface area contributed by atoms with Gasteiger partial charge in [-0.15, -0.1) is 0 Å². The van der Waals surface area contributed by atoms with Crippen molar-refractivity contribution in [2.75, 3.05) is 18.1 Å². The van der Waals surface area contributed by atoms with Crippen molar-refractivity contribution < 1.29 is 19.0 Å². The van der Waals surface area contributed by atoms with Gasteiger partial charge in [0.15, 0.2) is 9.33 Å². The maximum atomic E-state index is 11.8. The minimum atomic E-state index is -0.711. The van der Waals surface area contributed by atoms with Gasteiger partial charge in [-0.1, -0.05) is 50.3 Å². The average Bonchev–Trinajstić information content (AvgIpc) is 3.18. The molecule has 5 nitrogen and oxygen atoms in total. The van der Waals surface area contributed by atoms with Gasteiger partial charge in [-0.05, 0) is 71.8 Å². The second kappa shape index (κ2) is 7.57. The van der Waals surface area contributed by atoms with Gasteiger partial charge in [0.05, 0.1) is 6.61 Å². The van der Waals surface area contributed by atoms with Gasteiger partial charge in [0.25, 0.3) is 0 Å². The van der Waals surface area contributed by atoms with Crippen LogP contribution in [0.5, 0.6) is 5.75 Å². The third kappa shape index (κ3) is 3.71. The molecule has 0 saturated carbocycles. The van der Waals surface area contributed by atoms with Crippen LogP contribution in [0, 0.1) is 0 Å². The summed E-state index contributed by atoms with van der Waals surface area (Å²) in [4.78, 5) is 14.2. The lowest BCUT2D eigenvalue weighted by Gasteiger charge is -2.39. The number of carbonyl (C=O) groups excluding carboxylic acids is 1. The first-order valence-corrected chi connectivity index (χ1v) is 11.1. The Morgan fingerprint density at radius 2 is 1.87 bits per heavy atom. The zero-order chi connectivity index (χ0) is 21.6. The SMILES string of the molecule is CC(C)(I)OC(=O)Oc1ccc(/C=C/C23OCCN2c2ccccc2C3(C)C)cc1. The minimum absolute atomic E-state index is 0.185. The van der Waals surface area contributed by atoms with E-state index in [0.717, 1.165) is 12.1 Å². The molecule has 1 unspecified atom stereocenters. The molecule has 6 heteroatoms. The van der Waals surface area contributed by atoms with Crippen LogP contribution in [0.1, 0.15) is 38.8 Å². The number of carbonyl (C=O) groups is 1. The van der Waals surface area contributed by atoms with Crippen molar-refractivity contribution in [2.45, 2.75) is 42.4 Å². The summed E-state index contributed by atoms with van der Waals surface area (Å²) in [6.07, 6.45) is 3.52. The number of fused-ring (bicyclic) bond motifs is 3. The highest BCUT2D eigenvalue weighted by Crippen LogP contribution is 2.54. The van der Waals surface area contributed by atoms with E-state index in [1.165, 1.54) is 11.3 Å².